The number of fused-ring (bicyclic) bond motifs is 2. The molecule has 128 valence electrons. The second kappa shape index (κ2) is 6.44. The molecule has 0 unspecified atom stereocenters. The molecular formula is C23H26N2. The Bertz CT molecular complexity index is 841. The summed E-state index contributed by atoms with van der Waals surface area (Å²) in [6, 6.07) is 21.9. The molecule has 2 aromatic carbocycles. The predicted octanol–water partition coefficient (Wildman–Crippen LogP) is 6.54. The van der Waals surface area contributed by atoms with Gasteiger partial charge in [-0.1, -0.05) is 63.1 Å². The highest BCUT2D eigenvalue weighted by atomic mass is 14.8. The summed E-state index contributed by atoms with van der Waals surface area (Å²) in [6.45, 7) is 4.57. The van der Waals surface area contributed by atoms with Crippen LogP contribution in [0.3, 0.4) is 0 Å². The van der Waals surface area contributed by atoms with Crippen molar-refractivity contribution in [1.82, 2.24) is 9.97 Å². The summed E-state index contributed by atoms with van der Waals surface area (Å²) in [5.41, 5.74) is 5.14. The number of hydrogen-bond acceptors (Lipinski definition) is 0. The van der Waals surface area contributed by atoms with Crippen LogP contribution in [0.1, 0.15) is 50.9 Å². The molecule has 0 amide bonds. The third-order valence-corrected chi connectivity index (χ3v) is 5.44. The molecule has 4 aromatic rings. The van der Waals surface area contributed by atoms with Crippen LogP contribution in [0.15, 0.2) is 60.7 Å². The van der Waals surface area contributed by atoms with Gasteiger partial charge in [0.15, 0.2) is 0 Å². The third-order valence-electron chi connectivity index (χ3n) is 5.44. The van der Waals surface area contributed by atoms with E-state index in [9.17, 15) is 0 Å². The van der Waals surface area contributed by atoms with Gasteiger partial charge >= 0.3 is 0 Å². The molecule has 0 spiro atoms. The van der Waals surface area contributed by atoms with Crippen LogP contribution in [0.25, 0.3) is 21.8 Å². The maximum Gasteiger partial charge on any atom is 0.0504 e. The van der Waals surface area contributed by atoms with Crippen LogP contribution in [0.5, 0.6) is 0 Å². The summed E-state index contributed by atoms with van der Waals surface area (Å²) in [6.07, 6.45) is 4.59. The van der Waals surface area contributed by atoms with Crippen molar-refractivity contribution < 1.29 is 0 Å². The molecule has 2 nitrogen and oxygen atoms in total. The van der Waals surface area contributed by atoms with Gasteiger partial charge in [-0.25, -0.2) is 0 Å². The van der Waals surface area contributed by atoms with Crippen LogP contribution in [0.2, 0.25) is 0 Å². The van der Waals surface area contributed by atoms with E-state index in [4.69, 9.17) is 0 Å². The topological polar surface area (TPSA) is 31.6 Å². The van der Waals surface area contributed by atoms with E-state index in [1.165, 1.54) is 33.2 Å². The molecular weight excluding hydrogens is 304 g/mol. The van der Waals surface area contributed by atoms with E-state index < -0.39 is 0 Å². The minimum Gasteiger partial charge on any atom is -0.358 e. The number of hydrogen-bond donors (Lipinski definition) is 2. The molecule has 0 saturated heterocycles. The third kappa shape index (κ3) is 2.66. The van der Waals surface area contributed by atoms with Crippen LogP contribution in [0, 0.1) is 0 Å². The zero-order chi connectivity index (χ0) is 17.3. The average molecular weight is 330 g/mol. The van der Waals surface area contributed by atoms with E-state index in [-0.39, 0.29) is 5.41 Å². The second-order valence-corrected chi connectivity index (χ2v) is 7.12. The average Bonchev–Trinajstić information content (AvgIpc) is 3.25. The molecule has 4 rings (SSSR count). The summed E-state index contributed by atoms with van der Waals surface area (Å²) in [4.78, 5) is 7.46. The monoisotopic (exact) mass is 330 g/mol. The lowest BCUT2D eigenvalue weighted by Gasteiger charge is -2.32. The normalized spacial score (nSPS) is 12.2. The second-order valence-electron chi connectivity index (χ2n) is 7.12. The van der Waals surface area contributed by atoms with Gasteiger partial charge in [0.2, 0.25) is 0 Å². The molecule has 0 radical (unpaired) electrons. The van der Waals surface area contributed by atoms with Crippen LogP contribution >= 0.6 is 0 Å². The van der Waals surface area contributed by atoms with Crippen molar-refractivity contribution in [3.8, 4) is 0 Å². The van der Waals surface area contributed by atoms with Crippen LogP contribution < -0.4 is 0 Å². The van der Waals surface area contributed by atoms with E-state index in [1.807, 2.05) is 0 Å². The Morgan fingerprint density at radius 2 is 1.12 bits per heavy atom. The molecule has 0 atom stereocenters. The number of benzene rings is 2. The number of rotatable bonds is 6. The minimum absolute atomic E-state index is 0.0154. The van der Waals surface area contributed by atoms with E-state index in [1.54, 1.807) is 0 Å². The number of H-pyrrole nitrogens is 2. The zero-order valence-corrected chi connectivity index (χ0v) is 15.1. The Kier molecular flexibility index (Phi) is 4.12. The Morgan fingerprint density at radius 3 is 1.52 bits per heavy atom. The Hall–Kier alpha value is -2.48. The van der Waals surface area contributed by atoms with Crippen molar-refractivity contribution in [2.75, 3.05) is 0 Å². The van der Waals surface area contributed by atoms with Gasteiger partial charge in [0.25, 0.3) is 0 Å². The van der Waals surface area contributed by atoms with Gasteiger partial charge in [-0.05, 0) is 47.9 Å². The standard InChI is InChI=1S/C23H26N2/c1-3-13-23(14-4-2,21-15-17-9-5-7-11-19(17)24-21)22-16-18-10-6-8-12-20(18)25-22/h5-12,15-16,24-25H,3-4,13-14H2,1-2H3. The van der Waals surface area contributed by atoms with Crippen LogP contribution in [-0.2, 0) is 5.41 Å². The molecule has 25 heavy (non-hydrogen) atoms. The molecule has 0 aliphatic carbocycles. The Morgan fingerprint density at radius 1 is 0.680 bits per heavy atom. The Balaban J connectivity index is 1.94. The van der Waals surface area contributed by atoms with Gasteiger partial charge in [-0.3, -0.25) is 0 Å². The highest BCUT2D eigenvalue weighted by molar-refractivity contribution is 5.83. The lowest BCUT2D eigenvalue weighted by atomic mass is 9.73. The van der Waals surface area contributed by atoms with Gasteiger partial charge in [-0.15, -0.1) is 0 Å². The summed E-state index contributed by atoms with van der Waals surface area (Å²) in [5.74, 6) is 0. The van der Waals surface area contributed by atoms with Crippen LogP contribution in [0.4, 0.5) is 0 Å². The van der Waals surface area contributed by atoms with Gasteiger partial charge in [0.1, 0.15) is 0 Å². The van der Waals surface area contributed by atoms with Crippen molar-refractivity contribution in [3.63, 3.8) is 0 Å². The summed E-state index contributed by atoms with van der Waals surface area (Å²) >= 11 is 0. The molecule has 0 saturated carbocycles. The van der Waals surface area contributed by atoms with Gasteiger partial charge in [-0.2, -0.15) is 0 Å². The van der Waals surface area contributed by atoms with Gasteiger partial charge in [0, 0.05) is 22.4 Å². The van der Waals surface area contributed by atoms with Crippen molar-refractivity contribution >= 4 is 21.8 Å². The van der Waals surface area contributed by atoms with E-state index in [2.05, 4.69) is 84.5 Å². The van der Waals surface area contributed by atoms with Crippen molar-refractivity contribution in [1.29, 1.82) is 0 Å². The first-order valence-electron chi connectivity index (χ1n) is 9.43. The lowest BCUT2D eigenvalue weighted by Crippen LogP contribution is -2.28. The fourth-order valence-corrected chi connectivity index (χ4v) is 4.32. The summed E-state index contributed by atoms with van der Waals surface area (Å²) in [5, 5.41) is 2.59. The number of nitrogens with one attached hydrogen (secondary N) is 2. The largest absolute Gasteiger partial charge is 0.358 e. The van der Waals surface area contributed by atoms with Crippen molar-refractivity contribution in [3.05, 3.63) is 72.1 Å². The van der Waals surface area contributed by atoms with E-state index in [0.717, 1.165) is 25.7 Å². The smallest absolute Gasteiger partial charge is 0.0504 e. The van der Waals surface area contributed by atoms with Crippen LogP contribution in [-0.4, -0.2) is 9.97 Å². The quantitative estimate of drug-likeness (QED) is 0.402. The van der Waals surface area contributed by atoms with E-state index in [0.29, 0.717) is 0 Å². The zero-order valence-electron chi connectivity index (χ0n) is 15.1. The highest BCUT2D eigenvalue weighted by Gasteiger charge is 2.35. The summed E-state index contributed by atoms with van der Waals surface area (Å²) < 4.78 is 0. The molecule has 2 heterocycles. The fraction of sp³-hybridized carbons (Fsp3) is 0.304. The lowest BCUT2D eigenvalue weighted by molar-refractivity contribution is 0.409. The number of aromatic nitrogens is 2. The maximum atomic E-state index is 3.73. The van der Waals surface area contributed by atoms with Crippen molar-refractivity contribution in [2.45, 2.75) is 44.9 Å². The molecule has 2 heteroatoms. The van der Waals surface area contributed by atoms with Crippen molar-refractivity contribution in [2.24, 2.45) is 0 Å². The van der Waals surface area contributed by atoms with E-state index >= 15 is 0 Å². The fourth-order valence-electron chi connectivity index (χ4n) is 4.32. The molecule has 0 bridgehead atoms. The molecule has 2 N–H and O–H groups in total. The first-order chi connectivity index (χ1) is 12.3. The summed E-state index contributed by atoms with van der Waals surface area (Å²) in [7, 11) is 0. The molecule has 0 aliphatic rings. The van der Waals surface area contributed by atoms with Gasteiger partial charge in [0.05, 0.1) is 5.41 Å². The number of aromatic amines is 2. The van der Waals surface area contributed by atoms with Gasteiger partial charge < -0.3 is 9.97 Å². The first-order valence-corrected chi connectivity index (χ1v) is 9.43. The Labute approximate surface area is 149 Å². The minimum atomic E-state index is 0.0154. The first kappa shape index (κ1) is 16.0. The maximum absolute atomic E-state index is 3.73. The molecule has 0 aliphatic heterocycles. The predicted molar refractivity (Wildman–Crippen MR) is 107 cm³/mol. The highest BCUT2D eigenvalue weighted by Crippen LogP contribution is 2.42. The molecule has 2 aromatic heterocycles. The molecule has 0 fully saturated rings. The SMILES string of the molecule is CCCC(CCC)(c1cc2ccccc2[nH]1)c1cc2ccccc2[nH]1. The number of para-hydroxylation sites is 2.